The van der Waals surface area contributed by atoms with Crippen LogP contribution < -0.4 is 14.9 Å². The minimum Gasteiger partial charge on any atom is -0.460 e. The molecule has 1 aromatic heterocycles. The molecule has 3 aromatic carbocycles. The molecule has 0 N–H and O–H groups in total. The Morgan fingerprint density at radius 2 is 1.66 bits per heavy atom. The Bertz CT molecular complexity index is 1250. The van der Waals surface area contributed by atoms with Gasteiger partial charge in [-0.15, -0.1) is 0 Å². The number of fused-ring (bicyclic) bond motifs is 1. The van der Waals surface area contributed by atoms with Gasteiger partial charge in [-0.25, -0.2) is 4.79 Å². The van der Waals surface area contributed by atoms with Crippen LogP contribution in [0.3, 0.4) is 0 Å². The van der Waals surface area contributed by atoms with Gasteiger partial charge < -0.3 is 13.9 Å². The van der Waals surface area contributed by atoms with Crippen molar-refractivity contribution in [3.05, 3.63) is 99.9 Å². The molecule has 1 heterocycles. The normalized spacial score (nSPS) is 10.7. The number of carbonyl (C=O) groups is 1. The van der Waals surface area contributed by atoms with Gasteiger partial charge in [0.15, 0.2) is 0 Å². The minimum atomic E-state index is -0.480. The molecule has 0 saturated heterocycles. The molecule has 29 heavy (non-hydrogen) atoms. The first-order valence-corrected chi connectivity index (χ1v) is 9.08. The highest BCUT2D eigenvalue weighted by Crippen LogP contribution is 2.25. The van der Waals surface area contributed by atoms with Gasteiger partial charge in [-0.05, 0) is 55.8 Å². The van der Waals surface area contributed by atoms with Crippen LogP contribution >= 0.6 is 0 Å². The van der Waals surface area contributed by atoms with Crippen LogP contribution in [0.5, 0.6) is 17.2 Å². The van der Waals surface area contributed by atoms with E-state index in [1.54, 1.807) is 30.3 Å². The molecule has 0 aliphatic carbocycles. The van der Waals surface area contributed by atoms with Crippen molar-refractivity contribution in [2.75, 3.05) is 0 Å². The number of ether oxygens (including phenoxy) is 2. The van der Waals surface area contributed by atoms with Crippen LogP contribution in [0.1, 0.15) is 21.5 Å². The highest BCUT2D eigenvalue weighted by molar-refractivity contribution is 5.91. The van der Waals surface area contributed by atoms with E-state index in [1.807, 2.05) is 44.2 Å². The van der Waals surface area contributed by atoms with Crippen molar-refractivity contribution in [3.8, 4) is 17.2 Å². The highest BCUT2D eigenvalue weighted by Gasteiger charge is 2.13. The smallest absolute Gasteiger partial charge is 0.343 e. The fraction of sp³-hybridized carbons (Fsp3) is 0.0833. The lowest BCUT2D eigenvalue weighted by Crippen LogP contribution is -2.09. The minimum absolute atomic E-state index is 0.0903. The quantitative estimate of drug-likeness (QED) is 0.346. The number of hydrogen-bond donors (Lipinski definition) is 0. The van der Waals surface area contributed by atoms with Crippen LogP contribution in [0, 0.1) is 13.8 Å². The molecule has 0 unspecified atom stereocenters. The third kappa shape index (κ3) is 4.04. The van der Waals surface area contributed by atoms with E-state index in [2.05, 4.69) is 0 Å². The Labute approximate surface area is 167 Å². The van der Waals surface area contributed by atoms with E-state index >= 15 is 0 Å². The fourth-order valence-corrected chi connectivity index (χ4v) is 2.89. The van der Waals surface area contributed by atoms with Gasteiger partial charge in [-0.3, -0.25) is 4.79 Å². The number of hydrogen-bond acceptors (Lipinski definition) is 5. The van der Waals surface area contributed by atoms with Crippen molar-refractivity contribution in [2.24, 2.45) is 0 Å². The van der Waals surface area contributed by atoms with Gasteiger partial charge in [0.2, 0.25) is 11.2 Å². The zero-order valence-corrected chi connectivity index (χ0v) is 16.0. The maximum Gasteiger partial charge on any atom is 0.343 e. The van der Waals surface area contributed by atoms with Gasteiger partial charge in [0.05, 0.1) is 10.9 Å². The summed E-state index contributed by atoms with van der Waals surface area (Å²) >= 11 is 0. The lowest BCUT2D eigenvalue weighted by Gasteiger charge is -2.08. The first-order valence-electron chi connectivity index (χ1n) is 9.08. The van der Waals surface area contributed by atoms with E-state index in [1.165, 1.54) is 12.3 Å². The van der Waals surface area contributed by atoms with Gasteiger partial charge in [0.25, 0.3) is 0 Å². The lowest BCUT2D eigenvalue weighted by molar-refractivity contribution is 0.0735. The Hall–Kier alpha value is -3.86. The molecule has 144 valence electrons. The number of esters is 1. The number of benzene rings is 3. The van der Waals surface area contributed by atoms with Crippen LogP contribution in [0.4, 0.5) is 0 Å². The maximum atomic E-state index is 12.7. The molecule has 4 aromatic rings. The van der Waals surface area contributed by atoms with Crippen molar-refractivity contribution in [3.63, 3.8) is 0 Å². The number of carbonyl (C=O) groups excluding carboxylic acids is 1. The van der Waals surface area contributed by atoms with Crippen LogP contribution in [0.2, 0.25) is 0 Å². The Balaban J connectivity index is 1.59. The van der Waals surface area contributed by atoms with Crippen molar-refractivity contribution in [1.82, 2.24) is 0 Å². The monoisotopic (exact) mass is 386 g/mol. The van der Waals surface area contributed by atoms with Crippen LogP contribution in [-0.4, -0.2) is 5.97 Å². The molecule has 5 heteroatoms. The first kappa shape index (κ1) is 18.5. The Morgan fingerprint density at radius 1 is 0.862 bits per heavy atom. The SMILES string of the molecule is Cc1ccc(C(=O)Oc2ccc3c(=O)c(Oc4cccc(C)c4)coc3c2)cc1. The zero-order chi connectivity index (χ0) is 20.4. The van der Waals surface area contributed by atoms with Gasteiger partial charge in [-0.1, -0.05) is 29.8 Å². The highest BCUT2D eigenvalue weighted by atomic mass is 16.5. The van der Waals surface area contributed by atoms with E-state index in [4.69, 9.17) is 13.9 Å². The summed E-state index contributed by atoms with van der Waals surface area (Å²) in [5.74, 6) is 0.456. The maximum absolute atomic E-state index is 12.7. The van der Waals surface area contributed by atoms with E-state index < -0.39 is 5.97 Å². The van der Waals surface area contributed by atoms with Gasteiger partial charge in [-0.2, -0.15) is 0 Å². The molecular formula is C24H18O5. The first-order chi connectivity index (χ1) is 14.0. The van der Waals surface area contributed by atoms with Crippen molar-refractivity contribution in [1.29, 1.82) is 0 Å². The summed E-state index contributed by atoms with van der Waals surface area (Å²) in [6.07, 6.45) is 1.26. The van der Waals surface area contributed by atoms with Crippen LogP contribution in [0.25, 0.3) is 11.0 Å². The molecule has 0 atom stereocenters. The van der Waals surface area contributed by atoms with Crippen molar-refractivity contribution < 1.29 is 18.7 Å². The molecule has 0 amide bonds. The summed E-state index contributed by atoms with van der Waals surface area (Å²) < 4.78 is 16.6. The summed E-state index contributed by atoms with van der Waals surface area (Å²) in [6.45, 7) is 3.88. The van der Waals surface area contributed by atoms with E-state index in [0.29, 0.717) is 28.0 Å². The van der Waals surface area contributed by atoms with Crippen molar-refractivity contribution >= 4 is 16.9 Å². The van der Waals surface area contributed by atoms with Gasteiger partial charge in [0.1, 0.15) is 23.3 Å². The second-order valence-corrected chi connectivity index (χ2v) is 6.76. The molecule has 5 nitrogen and oxygen atoms in total. The molecular weight excluding hydrogens is 368 g/mol. The third-order valence-electron chi connectivity index (χ3n) is 4.43. The van der Waals surface area contributed by atoms with E-state index in [-0.39, 0.29) is 11.2 Å². The average Bonchev–Trinajstić information content (AvgIpc) is 2.71. The third-order valence-corrected chi connectivity index (χ3v) is 4.43. The fourth-order valence-electron chi connectivity index (χ4n) is 2.89. The molecule has 0 saturated carbocycles. The summed E-state index contributed by atoms with van der Waals surface area (Å²) in [7, 11) is 0. The van der Waals surface area contributed by atoms with Crippen LogP contribution in [-0.2, 0) is 0 Å². The van der Waals surface area contributed by atoms with E-state index in [9.17, 15) is 9.59 Å². The summed E-state index contributed by atoms with van der Waals surface area (Å²) in [4.78, 5) is 25.0. The van der Waals surface area contributed by atoms with Crippen molar-refractivity contribution in [2.45, 2.75) is 13.8 Å². The molecule has 4 rings (SSSR count). The molecule has 0 bridgehead atoms. The molecule has 0 radical (unpaired) electrons. The Kier molecular flexibility index (Phi) is 4.87. The average molecular weight is 386 g/mol. The molecule has 0 fully saturated rings. The lowest BCUT2D eigenvalue weighted by atomic mass is 10.1. The Morgan fingerprint density at radius 3 is 2.41 bits per heavy atom. The summed E-state index contributed by atoms with van der Waals surface area (Å²) in [5, 5.41) is 0.338. The summed E-state index contributed by atoms with van der Waals surface area (Å²) in [5.41, 5.74) is 2.52. The standard InChI is InChI=1S/C24H18O5/c1-15-6-8-17(9-7-15)24(26)29-19-10-11-20-21(13-19)27-14-22(23(20)25)28-18-5-3-4-16(2)12-18/h3-14H,1-2H3. The zero-order valence-electron chi connectivity index (χ0n) is 16.0. The van der Waals surface area contributed by atoms with Crippen LogP contribution in [0.15, 0.2) is 82.2 Å². The van der Waals surface area contributed by atoms with E-state index in [0.717, 1.165) is 11.1 Å². The second kappa shape index (κ2) is 7.64. The number of rotatable bonds is 4. The number of aryl methyl sites for hydroxylation is 2. The molecule has 0 aliphatic heterocycles. The van der Waals surface area contributed by atoms with Gasteiger partial charge in [0, 0.05) is 6.07 Å². The molecule has 0 aliphatic rings. The van der Waals surface area contributed by atoms with Gasteiger partial charge >= 0.3 is 5.97 Å². The second-order valence-electron chi connectivity index (χ2n) is 6.76. The topological polar surface area (TPSA) is 65.7 Å². The predicted molar refractivity (Wildman–Crippen MR) is 110 cm³/mol. The predicted octanol–water partition coefficient (Wildman–Crippen LogP) is 5.42. The summed E-state index contributed by atoms with van der Waals surface area (Å²) in [6, 6.07) is 19.1. The largest absolute Gasteiger partial charge is 0.460 e. The molecule has 0 spiro atoms.